The van der Waals surface area contributed by atoms with Crippen molar-refractivity contribution in [3.05, 3.63) is 76.9 Å². The number of hydrogen-bond donors (Lipinski definition) is 3. The molecular formula is C21H21N3O3S. The number of hydroxylamine groups is 1. The molecule has 0 aromatic heterocycles. The molecule has 1 unspecified atom stereocenters. The van der Waals surface area contributed by atoms with Gasteiger partial charge in [0.1, 0.15) is 0 Å². The number of rotatable bonds is 3. The van der Waals surface area contributed by atoms with E-state index in [1.807, 2.05) is 24.3 Å². The van der Waals surface area contributed by atoms with Gasteiger partial charge in [-0.3, -0.25) is 10.0 Å². The van der Waals surface area contributed by atoms with Crippen LogP contribution in [0.25, 0.3) is 4.91 Å². The molecule has 1 atom stereocenters. The first kappa shape index (κ1) is 18.6. The van der Waals surface area contributed by atoms with Gasteiger partial charge >= 0.3 is 6.03 Å². The third kappa shape index (κ3) is 3.90. The Morgan fingerprint density at radius 3 is 2.71 bits per heavy atom. The van der Waals surface area contributed by atoms with E-state index in [2.05, 4.69) is 23.5 Å². The summed E-state index contributed by atoms with van der Waals surface area (Å²) < 4.78 is 0. The number of carbonyl (C=O) groups excluding carboxylic acids is 2. The Balaban J connectivity index is 1.35. The van der Waals surface area contributed by atoms with Crippen LogP contribution >= 0.6 is 11.8 Å². The van der Waals surface area contributed by atoms with Gasteiger partial charge in [0.25, 0.3) is 5.91 Å². The minimum Gasteiger partial charge on any atom is -0.326 e. The normalized spacial score (nSPS) is 18.2. The number of hydrogen-bond acceptors (Lipinski definition) is 4. The van der Waals surface area contributed by atoms with Crippen LogP contribution in [0.5, 0.6) is 0 Å². The van der Waals surface area contributed by atoms with Gasteiger partial charge < -0.3 is 10.2 Å². The predicted molar refractivity (Wildman–Crippen MR) is 109 cm³/mol. The van der Waals surface area contributed by atoms with Gasteiger partial charge in [-0.1, -0.05) is 42.5 Å². The SMILES string of the molecule is O=C(NO)c1ccc2c(c1)CCN(C(=O)NC1CC=C(c3ccccc3)S1)C2. The third-order valence-corrected chi connectivity index (χ3v) is 6.25. The van der Waals surface area contributed by atoms with E-state index in [9.17, 15) is 9.59 Å². The Bertz CT molecular complexity index is 930. The topological polar surface area (TPSA) is 81.7 Å². The van der Waals surface area contributed by atoms with Gasteiger partial charge in [-0.25, -0.2) is 10.3 Å². The lowest BCUT2D eigenvalue weighted by Crippen LogP contribution is -2.45. The molecule has 2 aliphatic heterocycles. The van der Waals surface area contributed by atoms with E-state index in [1.54, 1.807) is 34.3 Å². The molecular weight excluding hydrogens is 374 g/mol. The average Bonchev–Trinajstić information content (AvgIpc) is 3.21. The highest BCUT2D eigenvalue weighted by molar-refractivity contribution is 8.09. The molecule has 0 radical (unpaired) electrons. The lowest BCUT2D eigenvalue weighted by atomic mass is 9.97. The van der Waals surface area contributed by atoms with Gasteiger partial charge in [-0.2, -0.15) is 0 Å². The van der Waals surface area contributed by atoms with Gasteiger partial charge in [0.15, 0.2) is 0 Å². The molecule has 6 nitrogen and oxygen atoms in total. The van der Waals surface area contributed by atoms with E-state index < -0.39 is 5.91 Å². The van der Waals surface area contributed by atoms with Crippen molar-refractivity contribution in [1.29, 1.82) is 0 Å². The van der Waals surface area contributed by atoms with Gasteiger partial charge in [0.05, 0.1) is 5.37 Å². The van der Waals surface area contributed by atoms with Crippen LogP contribution in [0, 0.1) is 0 Å². The number of thioether (sulfide) groups is 1. The molecule has 0 aliphatic carbocycles. The largest absolute Gasteiger partial charge is 0.326 e. The molecule has 0 saturated carbocycles. The first-order valence-electron chi connectivity index (χ1n) is 9.18. The maximum absolute atomic E-state index is 12.7. The molecule has 28 heavy (non-hydrogen) atoms. The molecule has 7 heteroatoms. The van der Waals surface area contributed by atoms with Crippen molar-refractivity contribution in [1.82, 2.24) is 15.7 Å². The minimum absolute atomic E-state index is 0.0414. The summed E-state index contributed by atoms with van der Waals surface area (Å²) in [6, 6.07) is 15.4. The molecule has 2 aromatic carbocycles. The minimum atomic E-state index is -0.525. The summed E-state index contributed by atoms with van der Waals surface area (Å²) in [4.78, 5) is 27.3. The third-order valence-electron chi connectivity index (χ3n) is 5.00. The van der Waals surface area contributed by atoms with Crippen molar-refractivity contribution >= 4 is 28.6 Å². The van der Waals surface area contributed by atoms with Crippen molar-refractivity contribution in [3.8, 4) is 0 Å². The van der Waals surface area contributed by atoms with Gasteiger partial charge in [0, 0.05) is 23.6 Å². The van der Waals surface area contributed by atoms with E-state index in [4.69, 9.17) is 5.21 Å². The summed E-state index contributed by atoms with van der Waals surface area (Å²) in [5.41, 5.74) is 5.31. The zero-order valence-corrected chi connectivity index (χ0v) is 16.0. The van der Waals surface area contributed by atoms with Crippen LogP contribution in [0.3, 0.4) is 0 Å². The Kier molecular flexibility index (Phi) is 5.36. The van der Waals surface area contributed by atoms with Crippen molar-refractivity contribution in [2.24, 2.45) is 0 Å². The first-order chi connectivity index (χ1) is 13.6. The second-order valence-electron chi connectivity index (χ2n) is 6.82. The van der Waals surface area contributed by atoms with E-state index >= 15 is 0 Å². The average molecular weight is 395 g/mol. The molecule has 3 amide bonds. The Labute approximate surface area is 167 Å². The monoisotopic (exact) mass is 395 g/mol. The van der Waals surface area contributed by atoms with Gasteiger partial charge in [-0.05, 0) is 41.7 Å². The number of fused-ring (bicyclic) bond motifs is 1. The van der Waals surface area contributed by atoms with Crippen LogP contribution in [0.4, 0.5) is 4.79 Å². The number of urea groups is 1. The van der Waals surface area contributed by atoms with Gasteiger partial charge in [0.2, 0.25) is 0 Å². The molecule has 0 fully saturated rings. The van der Waals surface area contributed by atoms with Crippen LogP contribution < -0.4 is 10.8 Å². The van der Waals surface area contributed by atoms with Crippen LogP contribution in [0.15, 0.2) is 54.6 Å². The highest BCUT2D eigenvalue weighted by Crippen LogP contribution is 2.38. The molecule has 0 bridgehead atoms. The first-order valence-corrected chi connectivity index (χ1v) is 10.1. The van der Waals surface area contributed by atoms with Crippen molar-refractivity contribution in [2.75, 3.05) is 6.54 Å². The quantitative estimate of drug-likeness (QED) is 0.550. The van der Waals surface area contributed by atoms with Crippen LogP contribution in [0.2, 0.25) is 0 Å². The van der Waals surface area contributed by atoms with Crippen LogP contribution in [-0.2, 0) is 13.0 Å². The zero-order valence-electron chi connectivity index (χ0n) is 15.2. The summed E-state index contributed by atoms with van der Waals surface area (Å²) >= 11 is 1.68. The molecule has 2 heterocycles. The number of benzene rings is 2. The van der Waals surface area contributed by atoms with Crippen molar-refractivity contribution < 1.29 is 14.8 Å². The maximum Gasteiger partial charge on any atom is 0.318 e. The number of nitrogens with one attached hydrogen (secondary N) is 2. The van der Waals surface area contributed by atoms with E-state index in [0.717, 1.165) is 17.5 Å². The molecule has 3 N–H and O–H groups in total. The Morgan fingerprint density at radius 2 is 1.93 bits per heavy atom. The van der Waals surface area contributed by atoms with Crippen LogP contribution in [0.1, 0.15) is 33.5 Å². The van der Waals surface area contributed by atoms with Gasteiger partial charge in [-0.15, -0.1) is 11.8 Å². The van der Waals surface area contributed by atoms with Crippen molar-refractivity contribution in [2.45, 2.75) is 24.8 Å². The Morgan fingerprint density at radius 1 is 1.11 bits per heavy atom. The fraction of sp³-hybridized carbons (Fsp3) is 0.238. The molecule has 2 aliphatic rings. The molecule has 4 rings (SSSR count). The fourth-order valence-electron chi connectivity index (χ4n) is 3.50. The predicted octanol–water partition coefficient (Wildman–Crippen LogP) is 3.38. The Hall–Kier alpha value is -2.77. The van der Waals surface area contributed by atoms with E-state index in [0.29, 0.717) is 25.1 Å². The highest BCUT2D eigenvalue weighted by atomic mass is 32.2. The number of amides is 3. The maximum atomic E-state index is 12.7. The molecule has 0 saturated heterocycles. The highest BCUT2D eigenvalue weighted by Gasteiger charge is 2.26. The summed E-state index contributed by atoms with van der Waals surface area (Å²) in [5, 5.41) is 11.9. The smallest absolute Gasteiger partial charge is 0.318 e. The zero-order chi connectivity index (χ0) is 19.5. The summed E-state index contributed by atoms with van der Waals surface area (Å²) in [6.07, 6.45) is 3.66. The molecule has 0 spiro atoms. The standard InChI is InChI=1S/C21H21N3O3S/c25-20(23-27)16-6-7-17-13-24(11-10-15(17)12-16)21(26)22-19-9-8-18(28-19)14-4-2-1-3-5-14/h1-8,12,19,27H,9-11,13H2,(H,22,26)(H,23,25). The second-order valence-corrected chi connectivity index (χ2v) is 8.07. The second kappa shape index (κ2) is 8.08. The lowest BCUT2D eigenvalue weighted by Gasteiger charge is -2.30. The van der Waals surface area contributed by atoms with Crippen molar-refractivity contribution in [3.63, 3.8) is 0 Å². The summed E-state index contributed by atoms with van der Waals surface area (Å²) in [5.74, 6) is -0.525. The van der Waals surface area contributed by atoms with E-state index in [-0.39, 0.29) is 11.4 Å². The van der Waals surface area contributed by atoms with Crippen LogP contribution in [-0.4, -0.2) is 34.0 Å². The summed E-state index contributed by atoms with van der Waals surface area (Å²) in [7, 11) is 0. The lowest BCUT2D eigenvalue weighted by molar-refractivity contribution is 0.0706. The number of carbonyl (C=O) groups is 2. The molecule has 144 valence electrons. The number of nitrogens with zero attached hydrogens (tertiary/aromatic N) is 1. The van der Waals surface area contributed by atoms with E-state index in [1.165, 1.54) is 10.5 Å². The summed E-state index contributed by atoms with van der Waals surface area (Å²) in [6.45, 7) is 1.11. The molecule has 2 aromatic rings. The fourth-order valence-corrected chi connectivity index (χ4v) is 4.62.